The van der Waals surface area contributed by atoms with E-state index in [1.807, 2.05) is 0 Å². The lowest BCUT2D eigenvalue weighted by atomic mass is 10.0. The van der Waals surface area contributed by atoms with Crippen molar-refractivity contribution in [1.82, 2.24) is 0 Å². The fourth-order valence-corrected chi connectivity index (χ4v) is 1.40. The Hall–Kier alpha value is -1.19. The largest absolute Gasteiger partial charge is 0.493 e. The highest BCUT2D eigenvalue weighted by Crippen LogP contribution is 2.34. The third-order valence-corrected chi connectivity index (χ3v) is 2.08. The van der Waals surface area contributed by atoms with Gasteiger partial charge in [-0.2, -0.15) is 13.2 Å². The smallest absolute Gasteiger partial charge is 0.416 e. The molecule has 4 heteroatoms. The molecule has 0 aromatic heterocycles. The van der Waals surface area contributed by atoms with E-state index in [1.165, 1.54) is 6.07 Å². The molecule has 1 nitrogen and oxygen atoms in total. The maximum Gasteiger partial charge on any atom is 0.416 e. The fraction of sp³-hybridized carbons (Fsp3) is 0.300. The molecule has 0 spiro atoms. The fourth-order valence-electron chi connectivity index (χ4n) is 1.40. The first-order valence-electron chi connectivity index (χ1n) is 4.24. The molecule has 0 amide bonds. The third kappa shape index (κ3) is 1.69. The van der Waals surface area contributed by atoms with E-state index in [0.29, 0.717) is 24.3 Å². The molecular formula is C10H8F3O. The Kier molecular flexibility index (Phi) is 2.13. The van der Waals surface area contributed by atoms with Crippen molar-refractivity contribution in [2.75, 3.05) is 6.61 Å². The first-order chi connectivity index (χ1) is 6.57. The molecule has 75 valence electrons. The van der Waals surface area contributed by atoms with Crippen LogP contribution in [0.25, 0.3) is 0 Å². The van der Waals surface area contributed by atoms with Crippen LogP contribution in [0.3, 0.4) is 0 Å². The highest BCUT2D eigenvalue weighted by Gasteiger charge is 2.31. The summed E-state index contributed by atoms with van der Waals surface area (Å²) < 4.78 is 42.1. The van der Waals surface area contributed by atoms with Crippen LogP contribution in [-0.4, -0.2) is 6.61 Å². The first kappa shape index (κ1) is 9.37. The number of hydrogen-bond acceptors (Lipinski definition) is 1. The van der Waals surface area contributed by atoms with E-state index in [9.17, 15) is 13.2 Å². The molecule has 1 aromatic rings. The van der Waals surface area contributed by atoms with Crippen molar-refractivity contribution in [3.05, 3.63) is 35.7 Å². The normalized spacial score (nSPS) is 15.9. The zero-order valence-corrected chi connectivity index (χ0v) is 7.27. The van der Waals surface area contributed by atoms with Crippen LogP contribution < -0.4 is 4.74 Å². The van der Waals surface area contributed by atoms with Gasteiger partial charge in [-0.15, -0.1) is 0 Å². The van der Waals surface area contributed by atoms with E-state index >= 15 is 0 Å². The van der Waals surface area contributed by atoms with Crippen molar-refractivity contribution in [3.63, 3.8) is 0 Å². The Morgan fingerprint density at radius 2 is 2.00 bits per heavy atom. The van der Waals surface area contributed by atoms with Crippen molar-refractivity contribution in [1.29, 1.82) is 0 Å². The number of rotatable bonds is 0. The summed E-state index contributed by atoms with van der Waals surface area (Å²) in [5.74, 6) is 0.532. The maximum atomic E-state index is 12.3. The first-order valence-corrected chi connectivity index (χ1v) is 4.24. The topological polar surface area (TPSA) is 9.23 Å². The standard InChI is InChI=1S/C10H8F3O/c11-10(12,13)8-3-4-9-7(6-8)2-1-5-14-9/h2-4,6H,1,5H2. The van der Waals surface area contributed by atoms with Crippen LogP contribution in [0.5, 0.6) is 5.75 Å². The maximum absolute atomic E-state index is 12.3. The molecule has 0 atom stereocenters. The zero-order valence-electron chi connectivity index (χ0n) is 7.27. The molecule has 0 unspecified atom stereocenters. The Balaban J connectivity index is 2.39. The minimum absolute atomic E-state index is 0.532. The molecule has 1 aliphatic rings. The quantitative estimate of drug-likeness (QED) is 0.626. The summed E-state index contributed by atoms with van der Waals surface area (Å²) in [6.07, 6.45) is -1.86. The van der Waals surface area contributed by atoms with Gasteiger partial charge in [-0.25, -0.2) is 0 Å². The van der Waals surface area contributed by atoms with Crippen LogP contribution >= 0.6 is 0 Å². The minimum atomic E-state index is -4.28. The van der Waals surface area contributed by atoms with Crippen molar-refractivity contribution in [2.24, 2.45) is 0 Å². The van der Waals surface area contributed by atoms with E-state index in [0.717, 1.165) is 12.1 Å². The van der Waals surface area contributed by atoms with E-state index in [1.54, 1.807) is 6.42 Å². The van der Waals surface area contributed by atoms with Gasteiger partial charge < -0.3 is 4.74 Å². The van der Waals surface area contributed by atoms with Crippen molar-refractivity contribution < 1.29 is 17.9 Å². The summed E-state index contributed by atoms with van der Waals surface area (Å²) in [5.41, 5.74) is -0.0934. The number of ether oxygens (including phenoxy) is 1. The van der Waals surface area contributed by atoms with E-state index in [-0.39, 0.29) is 0 Å². The average Bonchev–Trinajstić information content (AvgIpc) is 2.16. The molecule has 0 saturated heterocycles. The van der Waals surface area contributed by atoms with Gasteiger partial charge in [0.15, 0.2) is 0 Å². The highest BCUT2D eigenvalue weighted by atomic mass is 19.4. The second-order valence-electron chi connectivity index (χ2n) is 3.09. The van der Waals surface area contributed by atoms with E-state index in [4.69, 9.17) is 4.74 Å². The molecule has 14 heavy (non-hydrogen) atoms. The Morgan fingerprint density at radius 1 is 1.21 bits per heavy atom. The van der Waals surface area contributed by atoms with Gasteiger partial charge >= 0.3 is 6.18 Å². The Labute approximate surface area is 79.5 Å². The Bertz CT molecular complexity index is 344. The van der Waals surface area contributed by atoms with Crippen LogP contribution in [0.15, 0.2) is 18.2 Å². The number of alkyl halides is 3. The molecule has 1 radical (unpaired) electrons. The third-order valence-electron chi connectivity index (χ3n) is 2.08. The van der Waals surface area contributed by atoms with Crippen LogP contribution in [-0.2, 0) is 6.18 Å². The molecule has 1 heterocycles. The van der Waals surface area contributed by atoms with E-state index < -0.39 is 11.7 Å². The number of fused-ring (bicyclic) bond motifs is 1. The number of halogens is 3. The molecule has 1 aromatic carbocycles. The van der Waals surface area contributed by atoms with Crippen molar-refractivity contribution >= 4 is 0 Å². The molecule has 0 fully saturated rings. The number of hydrogen-bond donors (Lipinski definition) is 0. The second-order valence-corrected chi connectivity index (χ2v) is 3.09. The Morgan fingerprint density at radius 3 is 2.71 bits per heavy atom. The van der Waals surface area contributed by atoms with Gasteiger partial charge in [-0.05, 0) is 36.6 Å². The SMILES string of the molecule is FC(F)(F)c1ccc2c(c1)[CH]CCO2. The van der Waals surface area contributed by atoms with Gasteiger partial charge in [0.2, 0.25) is 0 Å². The molecule has 0 N–H and O–H groups in total. The van der Waals surface area contributed by atoms with Gasteiger partial charge in [0.05, 0.1) is 12.2 Å². The predicted octanol–water partition coefficient (Wildman–Crippen LogP) is 3.04. The highest BCUT2D eigenvalue weighted by molar-refractivity contribution is 5.43. The van der Waals surface area contributed by atoms with Gasteiger partial charge in [-0.1, -0.05) is 0 Å². The summed E-state index contributed by atoms with van der Waals surface area (Å²) in [5, 5.41) is 0. The summed E-state index contributed by atoms with van der Waals surface area (Å²) >= 11 is 0. The van der Waals surface area contributed by atoms with Crippen molar-refractivity contribution in [3.8, 4) is 5.75 Å². The molecule has 0 bridgehead atoms. The number of benzene rings is 1. The van der Waals surface area contributed by atoms with Crippen molar-refractivity contribution in [2.45, 2.75) is 12.6 Å². The molecular weight excluding hydrogens is 193 g/mol. The molecule has 0 saturated carbocycles. The summed E-state index contributed by atoms with van der Waals surface area (Å²) in [7, 11) is 0. The lowest BCUT2D eigenvalue weighted by molar-refractivity contribution is -0.137. The second kappa shape index (κ2) is 3.19. The van der Waals surface area contributed by atoms with E-state index in [2.05, 4.69) is 0 Å². The van der Waals surface area contributed by atoms with Gasteiger partial charge in [0.1, 0.15) is 5.75 Å². The molecule has 1 aliphatic heterocycles. The van der Waals surface area contributed by atoms with Crippen LogP contribution in [0, 0.1) is 6.42 Å². The summed E-state index contributed by atoms with van der Waals surface area (Å²) in [6, 6.07) is 3.53. The van der Waals surface area contributed by atoms with Crippen LogP contribution in [0.1, 0.15) is 17.5 Å². The summed E-state index contributed by atoms with van der Waals surface area (Å²) in [6.45, 7) is 0.540. The summed E-state index contributed by atoms with van der Waals surface area (Å²) in [4.78, 5) is 0. The zero-order chi connectivity index (χ0) is 10.2. The van der Waals surface area contributed by atoms with Gasteiger partial charge in [0, 0.05) is 0 Å². The van der Waals surface area contributed by atoms with Gasteiger partial charge in [-0.3, -0.25) is 0 Å². The van der Waals surface area contributed by atoms with Crippen LogP contribution in [0.4, 0.5) is 13.2 Å². The lowest BCUT2D eigenvalue weighted by Gasteiger charge is -2.18. The van der Waals surface area contributed by atoms with Crippen LogP contribution in [0.2, 0.25) is 0 Å². The molecule has 2 rings (SSSR count). The van der Waals surface area contributed by atoms with Gasteiger partial charge in [0.25, 0.3) is 0 Å². The average molecular weight is 201 g/mol. The minimum Gasteiger partial charge on any atom is -0.493 e. The monoisotopic (exact) mass is 201 g/mol. The lowest BCUT2D eigenvalue weighted by Crippen LogP contribution is -2.10. The molecule has 0 aliphatic carbocycles. The predicted molar refractivity (Wildman–Crippen MR) is 45.0 cm³/mol.